The summed E-state index contributed by atoms with van der Waals surface area (Å²) >= 11 is 0. The summed E-state index contributed by atoms with van der Waals surface area (Å²) in [6.45, 7) is -0.241. The third-order valence-corrected chi connectivity index (χ3v) is 19.7. The third-order valence-electron chi connectivity index (χ3n) is 19.7. The van der Waals surface area contributed by atoms with E-state index in [0.29, 0.717) is 0 Å². The predicted octanol–water partition coefficient (Wildman–Crippen LogP) is 18.8. The van der Waals surface area contributed by atoms with E-state index >= 15 is 0 Å². The molecular formula is C86H56B2N4. The molecule has 0 N–H and O–H groups in total. The first-order valence-electron chi connectivity index (χ1n) is 32.0. The van der Waals surface area contributed by atoms with Crippen LogP contribution in [0.4, 0.5) is 68.2 Å². The molecular weight excluding hydrogens is 1110 g/mol. The number of hydrogen-bond acceptors (Lipinski definition) is 4. The van der Waals surface area contributed by atoms with Crippen LogP contribution in [0.2, 0.25) is 0 Å². The van der Waals surface area contributed by atoms with E-state index in [0.717, 1.165) is 50.9 Å². The fourth-order valence-electron chi connectivity index (χ4n) is 16.0. The molecule has 0 bridgehead atoms. The van der Waals surface area contributed by atoms with Crippen molar-refractivity contribution in [2.75, 3.05) is 19.6 Å². The first kappa shape index (κ1) is 52.1. The van der Waals surface area contributed by atoms with Gasteiger partial charge in [0.2, 0.25) is 0 Å². The lowest BCUT2D eigenvalue weighted by Crippen LogP contribution is -2.65. The molecule has 0 fully saturated rings. The second kappa shape index (κ2) is 20.9. The summed E-state index contributed by atoms with van der Waals surface area (Å²) in [5.41, 5.74) is 31.0. The Morgan fingerprint density at radius 3 is 0.826 bits per heavy atom. The molecule has 426 valence electrons. The normalized spacial score (nSPS) is 13.1. The van der Waals surface area contributed by atoms with Crippen LogP contribution < -0.4 is 52.4 Å². The number of para-hydroxylation sites is 5. The summed E-state index contributed by atoms with van der Waals surface area (Å²) < 4.78 is 0. The average molecular weight is 1170 g/mol. The molecule has 4 aliphatic rings. The van der Waals surface area contributed by atoms with Crippen molar-refractivity contribution in [3.8, 4) is 44.5 Å². The molecule has 6 heteroatoms. The number of nitrogens with zero attached hydrogens (tertiary/aromatic N) is 4. The van der Waals surface area contributed by atoms with Gasteiger partial charge in [-0.2, -0.15) is 0 Å². The number of rotatable bonds is 8. The van der Waals surface area contributed by atoms with Gasteiger partial charge in [-0.25, -0.2) is 0 Å². The molecule has 15 aromatic rings. The Morgan fingerprint density at radius 2 is 0.457 bits per heavy atom. The summed E-state index contributed by atoms with van der Waals surface area (Å²) in [6.07, 6.45) is 0. The van der Waals surface area contributed by atoms with Crippen LogP contribution in [-0.2, 0) is 0 Å². The van der Waals surface area contributed by atoms with E-state index < -0.39 is 0 Å². The van der Waals surface area contributed by atoms with Crippen LogP contribution >= 0.6 is 0 Å². The first-order valence-corrected chi connectivity index (χ1v) is 32.0. The Balaban J connectivity index is 0.866. The zero-order valence-electron chi connectivity index (χ0n) is 50.3. The van der Waals surface area contributed by atoms with Gasteiger partial charge in [0.1, 0.15) is 0 Å². The molecule has 4 heterocycles. The lowest BCUT2D eigenvalue weighted by Gasteiger charge is -2.47. The van der Waals surface area contributed by atoms with E-state index in [1.165, 1.54) is 116 Å². The Hall–Kier alpha value is -11.9. The molecule has 92 heavy (non-hydrogen) atoms. The zero-order valence-corrected chi connectivity index (χ0v) is 50.3. The number of anilines is 12. The molecule has 0 unspecified atom stereocenters. The van der Waals surface area contributed by atoms with Crippen molar-refractivity contribution in [1.82, 2.24) is 0 Å². The smallest absolute Gasteiger partial charge is 0.252 e. The number of hydrogen-bond donors (Lipinski definition) is 0. The molecule has 19 rings (SSSR count). The van der Waals surface area contributed by atoms with E-state index in [1.54, 1.807) is 0 Å². The largest absolute Gasteiger partial charge is 0.311 e. The summed E-state index contributed by atoms with van der Waals surface area (Å²) in [5, 5.41) is 4.98. The van der Waals surface area contributed by atoms with Gasteiger partial charge in [-0.05, 0) is 190 Å². The van der Waals surface area contributed by atoms with Crippen molar-refractivity contribution < 1.29 is 0 Å². The minimum Gasteiger partial charge on any atom is -0.311 e. The van der Waals surface area contributed by atoms with Crippen molar-refractivity contribution in [2.45, 2.75) is 0 Å². The highest BCUT2D eigenvalue weighted by atomic mass is 15.2. The standard InChI is InChI=1S/C86H56B2N4/c1-7-27-57(28-8-1)61-51-79-85-81(53-61)91(64-35-15-5-16-36-64)77-56-78-74(55-73(77)87(85)71-43-23-25-45-75(71)89(79)63-33-13-4-14-34-63)88-72-44-24-26-46-76(72)90(80-52-62(58-29-9-2-10-30-58)54-82(86(80)88)92(78)65-37-17-6-18-38-65)66-49-47-60(48-50-66)84-69-41-21-19-39-67(69)83(59-31-11-3-12-32-59)68-40-20-22-42-70(68)84/h1-56H. The highest BCUT2D eigenvalue weighted by Gasteiger charge is 2.48. The SMILES string of the molecule is c1ccc(-c2cc3c4c(c2)N(c2ccccc2)c2cc5c(cc2B4c2ccccc2N3c2ccccc2)B2c3ccccc3N(c3ccc(-c4c6ccccc6c(-c6ccccc6)c6ccccc46)cc3)c3cc(-c4ccccc4)cc(c32)N5c2ccccc2)cc1. The second-order valence-corrected chi connectivity index (χ2v) is 24.6. The van der Waals surface area contributed by atoms with Gasteiger partial charge >= 0.3 is 0 Å². The predicted molar refractivity (Wildman–Crippen MR) is 391 cm³/mol. The molecule has 0 atom stereocenters. The molecule has 0 aromatic heterocycles. The molecule has 0 radical (unpaired) electrons. The molecule has 4 aliphatic heterocycles. The lowest BCUT2D eigenvalue weighted by molar-refractivity contribution is 1.23. The van der Waals surface area contributed by atoms with Crippen LogP contribution in [0.15, 0.2) is 340 Å². The fraction of sp³-hybridized carbons (Fsp3) is 0. The van der Waals surface area contributed by atoms with Gasteiger partial charge in [0, 0.05) is 68.2 Å². The fourth-order valence-corrected chi connectivity index (χ4v) is 16.0. The van der Waals surface area contributed by atoms with Gasteiger partial charge in [0.05, 0.1) is 0 Å². The highest BCUT2D eigenvalue weighted by Crippen LogP contribution is 2.52. The van der Waals surface area contributed by atoms with E-state index in [1.807, 2.05) is 0 Å². The Labute approximate surface area is 536 Å². The lowest BCUT2D eigenvalue weighted by atomic mass is 9.30. The topological polar surface area (TPSA) is 13.0 Å². The van der Waals surface area contributed by atoms with Gasteiger partial charge in [-0.3, -0.25) is 0 Å². The number of fused-ring (bicyclic) bond motifs is 10. The maximum Gasteiger partial charge on any atom is 0.252 e. The average Bonchev–Trinajstić information content (AvgIpc) is 0.692. The van der Waals surface area contributed by atoms with Gasteiger partial charge in [0.15, 0.2) is 0 Å². The van der Waals surface area contributed by atoms with Gasteiger partial charge in [-0.15, -0.1) is 0 Å². The molecule has 0 amide bonds. The molecule has 0 saturated carbocycles. The molecule has 15 aromatic carbocycles. The van der Waals surface area contributed by atoms with Crippen molar-refractivity contribution in [3.05, 3.63) is 340 Å². The van der Waals surface area contributed by atoms with E-state index in [9.17, 15) is 0 Å². The van der Waals surface area contributed by atoms with E-state index in [-0.39, 0.29) is 13.4 Å². The highest BCUT2D eigenvalue weighted by molar-refractivity contribution is 7.03. The van der Waals surface area contributed by atoms with Gasteiger partial charge < -0.3 is 19.6 Å². The summed E-state index contributed by atoms with van der Waals surface area (Å²) in [6, 6.07) is 127. The van der Waals surface area contributed by atoms with Crippen LogP contribution in [0.3, 0.4) is 0 Å². The van der Waals surface area contributed by atoms with E-state index in [2.05, 4.69) is 359 Å². The molecule has 0 spiro atoms. The van der Waals surface area contributed by atoms with Crippen molar-refractivity contribution in [2.24, 2.45) is 0 Å². The minimum absolute atomic E-state index is 0.106. The summed E-state index contributed by atoms with van der Waals surface area (Å²) in [7, 11) is 0. The van der Waals surface area contributed by atoms with E-state index in [4.69, 9.17) is 0 Å². The van der Waals surface area contributed by atoms with Gasteiger partial charge in [-0.1, -0.05) is 249 Å². The molecule has 4 nitrogen and oxygen atoms in total. The second-order valence-electron chi connectivity index (χ2n) is 24.6. The zero-order chi connectivity index (χ0) is 60.4. The van der Waals surface area contributed by atoms with Crippen LogP contribution in [0.25, 0.3) is 66.1 Å². The number of benzene rings is 15. The van der Waals surface area contributed by atoms with Crippen LogP contribution in [0.5, 0.6) is 0 Å². The van der Waals surface area contributed by atoms with Crippen LogP contribution in [-0.4, -0.2) is 13.4 Å². The maximum absolute atomic E-state index is 2.63. The summed E-state index contributed by atoms with van der Waals surface area (Å²) in [5.74, 6) is 0. The Kier molecular flexibility index (Phi) is 11.8. The van der Waals surface area contributed by atoms with Crippen molar-refractivity contribution in [3.63, 3.8) is 0 Å². The minimum atomic E-state index is -0.135. The Morgan fingerprint density at radius 1 is 0.174 bits per heavy atom. The first-order chi connectivity index (χ1) is 45.7. The molecule has 0 aliphatic carbocycles. The van der Waals surface area contributed by atoms with Crippen molar-refractivity contribution >= 4 is 136 Å². The van der Waals surface area contributed by atoms with Crippen molar-refractivity contribution in [1.29, 1.82) is 0 Å². The van der Waals surface area contributed by atoms with Crippen LogP contribution in [0.1, 0.15) is 0 Å². The maximum atomic E-state index is 2.63. The quantitative estimate of drug-likeness (QED) is 0.111. The Bertz CT molecular complexity index is 5360. The third kappa shape index (κ3) is 7.93. The van der Waals surface area contributed by atoms with Gasteiger partial charge in [0.25, 0.3) is 13.4 Å². The molecule has 0 saturated heterocycles. The summed E-state index contributed by atoms with van der Waals surface area (Å²) in [4.78, 5) is 10.2. The van der Waals surface area contributed by atoms with Crippen LogP contribution in [0, 0.1) is 0 Å². The monoisotopic (exact) mass is 1170 g/mol.